The van der Waals surface area contributed by atoms with Crippen LogP contribution >= 0.6 is 0 Å². The molecule has 0 unspecified atom stereocenters. The summed E-state index contributed by atoms with van der Waals surface area (Å²) in [5.41, 5.74) is 2.83. The molecule has 1 aliphatic carbocycles. The van der Waals surface area contributed by atoms with Gasteiger partial charge in [-0.3, -0.25) is 9.59 Å². The van der Waals surface area contributed by atoms with E-state index < -0.39 is 0 Å². The molecule has 2 N–H and O–H groups in total. The van der Waals surface area contributed by atoms with E-state index in [0.717, 1.165) is 24.2 Å². The molecule has 0 radical (unpaired) electrons. The average Bonchev–Trinajstić information content (AvgIpc) is 3.30. The monoisotopic (exact) mass is 312 g/mol. The van der Waals surface area contributed by atoms with Gasteiger partial charge in [0.15, 0.2) is 0 Å². The van der Waals surface area contributed by atoms with Gasteiger partial charge < -0.3 is 10.6 Å². The normalized spacial score (nSPS) is 13.7. The molecule has 1 fully saturated rings. The van der Waals surface area contributed by atoms with Crippen LogP contribution in [0.2, 0.25) is 0 Å². The maximum absolute atomic E-state index is 12.4. The van der Waals surface area contributed by atoms with Crippen molar-refractivity contribution in [2.24, 2.45) is 0 Å². The first-order chi connectivity index (χ1) is 11.1. The van der Waals surface area contributed by atoms with Crippen LogP contribution < -0.4 is 10.6 Å². The highest BCUT2D eigenvalue weighted by Gasteiger charge is 2.24. The number of rotatable bonds is 5. The zero-order valence-corrected chi connectivity index (χ0v) is 13.3. The lowest BCUT2D eigenvalue weighted by Crippen LogP contribution is -2.38. The van der Waals surface area contributed by atoms with Crippen LogP contribution in [-0.2, 0) is 4.79 Å². The molecular weight excluding hydrogens is 292 g/mol. The van der Waals surface area contributed by atoms with Gasteiger partial charge in [0, 0.05) is 6.04 Å². The van der Waals surface area contributed by atoms with Crippen LogP contribution in [0, 0.1) is 13.8 Å². The van der Waals surface area contributed by atoms with Crippen molar-refractivity contribution >= 4 is 11.8 Å². The van der Waals surface area contributed by atoms with E-state index in [9.17, 15) is 9.59 Å². The SMILES string of the molecule is Cc1nn(-c2ccccc2)c(C)c1C(=O)NCC(=O)NC1CC1. The molecule has 0 bridgehead atoms. The lowest BCUT2D eigenvalue weighted by molar-refractivity contribution is -0.120. The predicted molar refractivity (Wildman–Crippen MR) is 86.5 cm³/mol. The topological polar surface area (TPSA) is 76.0 Å². The van der Waals surface area contributed by atoms with Crippen molar-refractivity contribution in [3.05, 3.63) is 47.3 Å². The fourth-order valence-electron chi connectivity index (χ4n) is 2.55. The van der Waals surface area contributed by atoms with Gasteiger partial charge in [0.25, 0.3) is 5.91 Å². The fourth-order valence-corrected chi connectivity index (χ4v) is 2.55. The number of carbonyl (C=O) groups is 2. The summed E-state index contributed by atoms with van der Waals surface area (Å²) >= 11 is 0. The average molecular weight is 312 g/mol. The van der Waals surface area contributed by atoms with Gasteiger partial charge in [-0.1, -0.05) is 18.2 Å². The highest BCUT2D eigenvalue weighted by atomic mass is 16.2. The maximum Gasteiger partial charge on any atom is 0.255 e. The molecule has 0 atom stereocenters. The molecule has 120 valence electrons. The zero-order valence-electron chi connectivity index (χ0n) is 13.3. The van der Waals surface area contributed by atoms with Crippen molar-refractivity contribution in [1.82, 2.24) is 20.4 Å². The van der Waals surface area contributed by atoms with Gasteiger partial charge >= 0.3 is 0 Å². The van der Waals surface area contributed by atoms with Gasteiger partial charge in [0.2, 0.25) is 5.91 Å². The van der Waals surface area contributed by atoms with E-state index in [1.165, 1.54) is 0 Å². The number of carbonyl (C=O) groups excluding carboxylic acids is 2. The Bertz CT molecular complexity index is 733. The summed E-state index contributed by atoms with van der Waals surface area (Å²) in [6, 6.07) is 9.95. The first kappa shape index (κ1) is 15.3. The van der Waals surface area contributed by atoms with Crippen molar-refractivity contribution in [1.29, 1.82) is 0 Å². The largest absolute Gasteiger partial charge is 0.352 e. The van der Waals surface area contributed by atoms with Gasteiger partial charge in [-0.15, -0.1) is 0 Å². The summed E-state index contributed by atoms with van der Waals surface area (Å²) in [6.07, 6.45) is 2.06. The van der Waals surface area contributed by atoms with Crippen molar-refractivity contribution < 1.29 is 9.59 Å². The number of nitrogens with zero attached hydrogens (tertiary/aromatic N) is 2. The van der Waals surface area contributed by atoms with Gasteiger partial charge in [-0.25, -0.2) is 4.68 Å². The van der Waals surface area contributed by atoms with Gasteiger partial charge in [-0.2, -0.15) is 5.10 Å². The van der Waals surface area contributed by atoms with Gasteiger partial charge in [0.1, 0.15) is 0 Å². The standard InChI is InChI=1S/C17H20N4O2/c1-11-16(17(23)18-10-15(22)19-13-8-9-13)12(2)21(20-11)14-6-4-3-5-7-14/h3-7,13H,8-10H2,1-2H3,(H,18,23)(H,19,22). The first-order valence-electron chi connectivity index (χ1n) is 7.75. The zero-order chi connectivity index (χ0) is 16.4. The van der Waals surface area contributed by atoms with Crippen molar-refractivity contribution in [3.8, 4) is 5.69 Å². The summed E-state index contributed by atoms with van der Waals surface area (Å²) in [5, 5.41) is 9.96. The fraction of sp³-hybridized carbons (Fsp3) is 0.353. The van der Waals surface area contributed by atoms with Crippen LogP contribution in [0.4, 0.5) is 0 Å². The minimum Gasteiger partial charge on any atom is -0.352 e. The highest BCUT2D eigenvalue weighted by molar-refractivity contribution is 5.98. The summed E-state index contributed by atoms with van der Waals surface area (Å²) in [5.74, 6) is -0.417. The lowest BCUT2D eigenvalue weighted by atomic mass is 10.2. The molecule has 23 heavy (non-hydrogen) atoms. The molecule has 0 aliphatic heterocycles. The van der Waals surface area contributed by atoms with E-state index in [2.05, 4.69) is 15.7 Å². The van der Waals surface area contributed by atoms with Crippen LogP contribution in [0.25, 0.3) is 5.69 Å². The Morgan fingerprint density at radius 3 is 2.57 bits per heavy atom. The summed E-state index contributed by atoms with van der Waals surface area (Å²) in [7, 11) is 0. The lowest BCUT2D eigenvalue weighted by Gasteiger charge is -2.07. The first-order valence-corrected chi connectivity index (χ1v) is 7.75. The summed E-state index contributed by atoms with van der Waals surface area (Å²) in [4.78, 5) is 24.1. The highest BCUT2D eigenvalue weighted by Crippen LogP contribution is 2.19. The second kappa shape index (κ2) is 6.24. The molecule has 2 amide bonds. The Kier molecular flexibility index (Phi) is 4.14. The number of para-hydroxylation sites is 1. The molecular formula is C17H20N4O2. The minimum atomic E-state index is -0.270. The van der Waals surface area contributed by atoms with Crippen LogP contribution in [-0.4, -0.2) is 34.2 Å². The number of amides is 2. The van der Waals surface area contributed by atoms with E-state index in [1.807, 2.05) is 37.3 Å². The Morgan fingerprint density at radius 2 is 1.91 bits per heavy atom. The quantitative estimate of drug-likeness (QED) is 0.878. The molecule has 6 heteroatoms. The third-order valence-electron chi connectivity index (χ3n) is 3.87. The van der Waals surface area contributed by atoms with Crippen LogP contribution in [0.1, 0.15) is 34.6 Å². The molecule has 0 saturated heterocycles. The second-order valence-electron chi connectivity index (χ2n) is 5.82. The summed E-state index contributed by atoms with van der Waals surface area (Å²) < 4.78 is 1.74. The van der Waals surface area contributed by atoms with E-state index >= 15 is 0 Å². The maximum atomic E-state index is 12.4. The second-order valence-corrected chi connectivity index (χ2v) is 5.82. The molecule has 1 aromatic heterocycles. The third-order valence-corrected chi connectivity index (χ3v) is 3.87. The Morgan fingerprint density at radius 1 is 1.22 bits per heavy atom. The number of aryl methyl sites for hydroxylation is 1. The summed E-state index contributed by atoms with van der Waals surface area (Å²) in [6.45, 7) is 3.64. The van der Waals surface area contributed by atoms with E-state index in [4.69, 9.17) is 0 Å². The Labute approximate surface area is 134 Å². The number of hydrogen-bond donors (Lipinski definition) is 2. The van der Waals surface area contributed by atoms with Gasteiger partial charge in [-0.05, 0) is 38.8 Å². The Hall–Kier alpha value is -2.63. The molecule has 0 spiro atoms. The smallest absolute Gasteiger partial charge is 0.255 e. The molecule has 1 aromatic carbocycles. The molecule has 3 rings (SSSR count). The van der Waals surface area contributed by atoms with Crippen molar-refractivity contribution in [3.63, 3.8) is 0 Å². The van der Waals surface area contributed by atoms with E-state index in [1.54, 1.807) is 11.6 Å². The van der Waals surface area contributed by atoms with E-state index in [-0.39, 0.29) is 18.4 Å². The van der Waals surface area contributed by atoms with E-state index in [0.29, 0.717) is 17.3 Å². The van der Waals surface area contributed by atoms with Crippen molar-refractivity contribution in [2.75, 3.05) is 6.54 Å². The van der Waals surface area contributed by atoms with Crippen LogP contribution in [0.3, 0.4) is 0 Å². The number of benzene rings is 1. The predicted octanol–water partition coefficient (Wildman–Crippen LogP) is 1.50. The molecule has 2 aromatic rings. The third kappa shape index (κ3) is 3.41. The molecule has 1 aliphatic rings. The van der Waals surface area contributed by atoms with Gasteiger partial charge in [0.05, 0.1) is 29.2 Å². The minimum absolute atomic E-state index is 0.00920. The number of hydrogen-bond acceptors (Lipinski definition) is 3. The molecule has 6 nitrogen and oxygen atoms in total. The van der Waals surface area contributed by atoms with Crippen LogP contribution in [0.15, 0.2) is 30.3 Å². The van der Waals surface area contributed by atoms with Crippen LogP contribution in [0.5, 0.6) is 0 Å². The molecule has 1 heterocycles. The molecule has 1 saturated carbocycles. The number of nitrogens with one attached hydrogen (secondary N) is 2. The Balaban J connectivity index is 1.73. The number of aromatic nitrogens is 2. The van der Waals surface area contributed by atoms with Crippen molar-refractivity contribution in [2.45, 2.75) is 32.7 Å².